The Morgan fingerprint density at radius 2 is 2.09 bits per heavy atom. The minimum Gasteiger partial charge on any atom is -0.352 e. The topological polar surface area (TPSA) is 59.0 Å². The maximum atomic E-state index is 12.5. The van der Waals surface area contributed by atoms with Crippen molar-refractivity contribution in [3.05, 3.63) is 52.8 Å². The number of nitrogens with one attached hydrogen (secondary N) is 2. The summed E-state index contributed by atoms with van der Waals surface area (Å²) in [5, 5.41) is 10.3. The first-order valence-corrected chi connectivity index (χ1v) is 7.93. The molecule has 0 bridgehead atoms. The van der Waals surface area contributed by atoms with Crippen LogP contribution in [0.4, 0.5) is 0 Å². The van der Waals surface area contributed by atoms with Gasteiger partial charge in [-0.2, -0.15) is 5.10 Å². The van der Waals surface area contributed by atoms with Gasteiger partial charge in [-0.15, -0.1) is 0 Å². The summed E-state index contributed by atoms with van der Waals surface area (Å²) in [6, 6.07) is 6.12. The van der Waals surface area contributed by atoms with Gasteiger partial charge in [-0.1, -0.05) is 23.8 Å². The van der Waals surface area contributed by atoms with Crippen LogP contribution in [0.25, 0.3) is 0 Å². The molecule has 2 N–H and O–H groups in total. The maximum Gasteiger partial charge on any atom is 0.242 e. The van der Waals surface area contributed by atoms with Crippen LogP contribution in [0.5, 0.6) is 0 Å². The van der Waals surface area contributed by atoms with E-state index >= 15 is 0 Å². The number of carbonyl (C=O) groups is 1. The van der Waals surface area contributed by atoms with Crippen molar-refractivity contribution in [1.29, 1.82) is 0 Å². The molecule has 0 radical (unpaired) electrons. The number of amides is 1. The molecule has 23 heavy (non-hydrogen) atoms. The summed E-state index contributed by atoms with van der Waals surface area (Å²) >= 11 is 0. The fraction of sp³-hybridized carbons (Fsp3) is 0.444. The lowest BCUT2D eigenvalue weighted by Crippen LogP contribution is -2.41. The van der Waals surface area contributed by atoms with Gasteiger partial charge in [0.05, 0.1) is 6.20 Å². The fourth-order valence-electron chi connectivity index (χ4n) is 2.82. The monoisotopic (exact) mass is 314 g/mol. The third-order valence-corrected chi connectivity index (χ3v) is 4.02. The highest BCUT2D eigenvalue weighted by Crippen LogP contribution is 2.14. The number of hydrogen-bond donors (Lipinski definition) is 2. The summed E-state index contributed by atoms with van der Waals surface area (Å²) in [6.07, 6.45) is 4.40. The number of benzene rings is 1. The largest absolute Gasteiger partial charge is 0.352 e. The third kappa shape index (κ3) is 4.42. The van der Waals surface area contributed by atoms with Crippen molar-refractivity contribution >= 4 is 5.91 Å². The maximum absolute atomic E-state index is 12.5. The molecule has 5 heteroatoms. The predicted octanol–water partition coefficient (Wildman–Crippen LogP) is 2.04. The van der Waals surface area contributed by atoms with Gasteiger partial charge in [0.2, 0.25) is 5.91 Å². The van der Waals surface area contributed by atoms with Gasteiger partial charge in [-0.25, -0.2) is 0 Å². The molecule has 2 unspecified atom stereocenters. The summed E-state index contributed by atoms with van der Waals surface area (Å²) in [5.74, 6) is -0.0298. The van der Waals surface area contributed by atoms with Gasteiger partial charge in [0.1, 0.15) is 6.04 Å². The van der Waals surface area contributed by atoms with Crippen molar-refractivity contribution in [2.24, 2.45) is 7.05 Å². The number of likely N-dealkylation sites (N-methyl/N-ethyl adjacent to an activating group) is 1. The Hall–Kier alpha value is -2.14. The van der Waals surface area contributed by atoms with E-state index in [2.05, 4.69) is 47.8 Å². The molecular formula is C18H26N4O. The van der Waals surface area contributed by atoms with Crippen molar-refractivity contribution in [2.45, 2.75) is 39.3 Å². The lowest BCUT2D eigenvalue weighted by molar-refractivity contribution is -0.123. The molecule has 0 saturated carbocycles. The zero-order chi connectivity index (χ0) is 17.0. The SMILES string of the molecule is CNC(C(=O)NC(C)Cc1ccc(C)cc1C)c1cnn(C)c1. The van der Waals surface area contributed by atoms with Gasteiger partial charge < -0.3 is 10.6 Å². The minimum atomic E-state index is -0.384. The summed E-state index contributed by atoms with van der Waals surface area (Å²) in [4.78, 5) is 12.5. The van der Waals surface area contributed by atoms with Crippen LogP contribution in [0.2, 0.25) is 0 Å². The van der Waals surface area contributed by atoms with E-state index in [1.807, 2.05) is 20.2 Å². The quantitative estimate of drug-likeness (QED) is 0.858. The van der Waals surface area contributed by atoms with Crippen molar-refractivity contribution in [1.82, 2.24) is 20.4 Å². The molecule has 2 aromatic rings. The molecule has 1 heterocycles. The van der Waals surface area contributed by atoms with E-state index in [-0.39, 0.29) is 18.0 Å². The number of hydrogen-bond acceptors (Lipinski definition) is 3. The average Bonchev–Trinajstić information content (AvgIpc) is 2.89. The highest BCUT2D eigenvalue weighted by Gasteiger charge is 2.21. The van der Waals surface area contributed by atoms with Gasteiger partial charge in [0.15, 0.2) is 0 Å². The Bertz CT molecular complexity index is 677. The Balaban J connectivity index is 2.00. The summed E-state index contributed by atoms with van der Waals surface area (Å²) in [7, 11) is 3.63. The smallest absolute Gasteiger partial charge is 0.242 e. The van der Waals surface area contributed by atoms with Crippen LogP contribution in [0, 0.1) is 13.8 Å². The predicted molar refractivity (Wildman–Crippen MR) is 92.2 cm³/mol. The molecule has 1 aromatic carbocycles. The van der Waals surface area contributed by atoms with Crippen molar-refractivity contribution in [3.63, 3.8) is 0 Å². The Labute approximate surface area is 138 Å². The van der Waals surface area contributed by atoms with Crippen LogP contribution < -0.4 is 10.6 Å². The Morgan fingerprint density at radius 3 is 2.65 bits per heavy atom. The van der Waals surface area contributed by atoms with E-state index in [4.69, 9.17) is 0 Å². The minimum absolute atomic E-state index is 0.0298. The lowest BCUT2D eigenvalue weighted by atomic mass is 9.99. The molecule has 124 valence electrons. The van der Waals surface area contributed by atoms with Crippen molar-refractivity contribution < 1.29 is 4.79 Å². The van der Waals surface area contributed by atoms with Gasteiger partial charge in [0.25, 0.3) is 0 Å². The van der Waals surface area contributed by atoms with Crippen molar-refractivity contribution in [2.75, 3.05) is 7.05 Å². The Morgan fingerprint density at radius 1 is 1.35 bits per heavy atom. The Kier molecular flexibility index (Phi) is 5.55. The van der Waals surface area contributed by atoms with Crippen LogP contribution >= 0.6 is 0 Å². The molecule has 5 nitrogen and oxygen atoms in total. The molecule has 0 saturated heterocycles. The number of carbonyl (C=O) groups excluding carboxylic acids is 1. The van der Waals surface area contributed by atoms with E-state index in [0.29, 0.717) is 0 Å². The molecule has 2 rings (SSSR count). The number of rotatable bonds is 6. The number of aryl methyl sites for hydroxylation is 3. The van der Waals surface area contributed by atoms with Gasteiger partial charge in [-0.3, -0.25) is 9.48 Å². The van der Waals surface area contributed by atoms with Gasteiger partial charge >= 0.3 is 0 Å². The molecule has 1 amide bonds. The lowest BCUT2D eigenvalue weighted by Gasteiger charge is -2.20. The van der Waals surface area contributed by atoms with Gasteiger partial charge in [-0.05, 0) is 45.4 Å². The molecule has 2 atom stereocenters. The summed E-state index contributed by atoms with van der Waals surface area (Å²) < 4.78 is 1.70. The molecular weight excluding hydrogens is 288 g/mol. The molecule has 1 aromatic heterocycles. The van der Waals surface area contributed by atoms with Gasteiger partial charge in [0, 0.05) is 24.8 Å². The normalized spacial score (nSPS) is 13.6. The second kappa shape index (κ2) is 7.42. The molecule has 0 aliphatic rings. The molecule has 0 fully saturated rings. The van der Waals surface area contributed by atoms with E-state index in [1.54, 1.807) is 17.9 Å². The van der Waals surface area contributed by atoms with E-state index in [1.165, 1.54) is 16.7 Å². The second-order valence-corrected chi connectivity index (χ2v) is 6.21. The van der Waals surface area contributed by atoms with Crippen LogP contribution in [0.3, 0.4) is 0 Å². The summed E-state index contributed by atoms with van der Waals surface area (Å²) in [5.41, 5.74) is 4.66. The van der Waals surface area contributed by atoms with Crippen LogP contribution in [-0.2, 0) is 18.3 Å². The first-order chi connectivity index (χ1) is 10.9. The zero-order valence-electron chi connectivity index (χ0n) is 14.6. The van der Waals surface area contributed by atoms with Crippen LogP contribution in [0.15, 0.2) is 30.6 Å². The fourth-order valence-corrected chi connectivity index (χ4v) is 2.82. The highest BCUT2D eigenvalue weighted by molar-refractivity contribution is 5.83. The molecule has 0 aliphatic carbocycles. The standard InChI is InChI=1S/C18H26N4O/c1-12-6-7-15(13(2)8-12)9-14(3)21-18(23)17(19-4)16-10-20-22(5)11-16/h6-8,10-11,14,17,19H,9H2,1-5H3,(H,21,23). The zero-order valence-corrected chi connectivity index (χ0v) is 14.6. The van der Waals surface area contributed by atoms with E-state index in [0.717, 1.165) is 12.0 Å². The first kappa shape index (κ1) is 17.2. The highest BCUT2D eigenvalue weighted by atomic mass is 16.2. The summed E-state index contributed by atoms with van der Waals surface area (Å²) in [6.45, 7) is 6.24. The third-order valence-electron chi connectivity index (χ3n) is 4.02. The molecule has 0 spiro atoms. The van der Waals surface area contributed by atoms with Crippen LogP contribution in [0.1, 0.15) is 35.2 Å². The number of aromatic nitrogens is 2. The molecule has 0 aliphatic heterocycles. The van der Waals surface area contributed by atoms with Crippen LogP contribution in [-0.4, -0.2) is 28.8 Å². The second-order valence-electron chi connectivity index (χ2n) is 6.21. The van der Waals surface area contributed by atoms with E-state index < -0.39 is 0 Å². The van der Waals surface area contributed by atoms with E-state index in [9.17, 15) is 4.79 Å². The number of nitrogens with zero attached hydrogens (tertiary/aromatic N) is 2. The average molecular weight is 314 g/mol. The first-order valence-electron chi connectivity index (χ1n) is 7.93. The van der Waals surface area contributed by atoms with Crippen molar-refractivity contribution in [3.8, 4) is 0 Å².